The molecule has 2 fully saturated rings. The number of hydrogen-bond donors (Lipinski definition) is 1. The van der Waals surface area contributed by atoms with Crippen LogP contribution in [0.15, 0.2) is 9.52 Å². The van der Waals surface area contributed by atoms with E-state index in [9.17, 15) is 0 Å². The number of guanidine groups is 1. The highest BCUT2D eigenvalue weighted by Gasteiger charge is 2.30. The molecule has 2 saturated heterocycles. The second kappa shape index (κ2) is 8.78. The maximum atomic E-state index is 5.43. The van der Waals surface area contributed by atoms with E-state index in [1.165, 1.54) is 6.42 Å². The van der Waals surface area contributed by atoms with Crippen molar-refractivity contribution in [2.24, 2.45) is 4.99 Å². The number of hydrogen-bond acceptors (Lipinski definition) is 6. The summed E-state index contributed by atoms with van der Waals surface area (Å²) in [6, 6.07) is 0.592. The third kappa shape index (κ3) is 4.77. The summed E-state index contributed by atoms with van der Waals surface area (Å²) >= 11 is 0. The molecule has 9 heteroatoms. The molecule has 3 rings (SSSR count). The summed E-state index contributed by atoms with van der Waals surface area (Å²) in [5, 5.41) is 7.20. The van der Waals surface area contributed by atoms with Crippen LogP contribution in [-0.4, -0.2) is 78.4 Å². The monoisotopic (exact) mass is 436 g/mol. The van der Waals surface area contributed by atoms with Crippen molar-refractivity contribution in [1.29, 1.82) is 0 Å². The molecule has 1 atom stereocenters. The smallest absolute Gasteiger partial charge is 0.223 e. The van der Waals surface area contributed by atoms with Crippen LogP contribution in [0.5, 0.6) is 0 Å². The second-order valence-electron chi connectivity index (χ2n) is 5.67. The van der Waals surface area contributed by atoms with Gasteiger partial charge >= 0.3 is 0 Å². The van der Waals surface area contributed by atoms with E-state index in [4.69, 9.17) is 9.26 Å². The predicted octanol–water partition coefficient (Wildman–Crippen LogP) is 0.478. The van der Waals surface area contributed by atoms with E-state index in [0.717, 1.165) is 45.4 Å². The maximum absolute atomic E-state index is 5.43. The van der Waals surface area contributed by atoms with Gasteiger partial charge in [0, 0.05) is 46.2 Å². The molecule has 130 valence electrons. The Hall–Kier alpha value is -0.940. The van der Waals surface area contributed by atoms with E-state index in [1.54, 1.807) is 6.92 Å². The lowest BCUT2D eigenvalue weighted by molar-refractivity contribution is 0.0195. The summed E-state index contributed by atoms with van der Waals surface area (Å²) in [5.41, 5.74) is 0. The second-order valence-corrected chi connectivity index (χ2v) is 5.67. The third-order valence-corrected chi connectivity index (χ3v) is 4.21. The van der Waals surface area contributed by atoms with Crippen molar-refractivity contribution < 1.29 is 9.26 Å². The molecular weight excluding hydrogens is 411 g/mol. The van der Waals surface area contributed by atoms with E-state index >= 15 is 0 Å². The molecule has 8 nitrogen and oxygen atoms in total. The zero-order chi connectivity index (χ0) is 15.4. The first-order valence-electron chi connectivity index (χ1n) is 7.83. The number of halogens is 1. The third-order valence-electron chi connectivity index (χ3n) is 4.21. The maximum Gasteiger partial charge on any atom is 0.223 e. The molecule has 0 amide bonds. The van der Waals surface area contributed by atoms with Crippen molar-refractivity contribution in [2.45, 2.75) is 25.9 Å². The topological polar surface area (TPSA) is 79.0 Å². The van der Waals surface area contributed by atoms with Crippen LogP contribution in [0.2, 0.25) is 0 Å². The van der Waals surface area contributed by atoms with Gasteiger partial charge in [0.2, 0.25) is 5.89 Å². The molecule has 1 unspecified atom stereocenters. The van der Waals surface area contributed by atoms with Gasteiger partial charge in [-0.2, -0.15) is 4.98 Å². The number of nitrogens with zero attached hydrogens (tertiary/aromatic N) is 5. The van der Waals surface area contributed by atoms with Gasteiger partial charge in [-0.05, 0) is 6.42 Å². The van der Waals surface area contributed by atoms with E-state index < -0.39 is 0 Å². The number of rotatable bonds is 3. The average Bonchev–Trinajstić information content (AvgIpc) is 3.18. The summed E-state index contributed by atoms with van der Waals surface area (Å²) in [5.74, 6) is 2.14. The van der Waals surface area contributed by atoms with Crippen LogP contribution >= 0.6 is 24.0 Å². The van der Waals surface area contributed by atoms with Gasteiger partial charge in [-0.15, -0.1) is 24.0 Å². The quantitative estimate of drug-likeness (QED) is 0.420. The molecule has 3 heterocycles. The Bertz CT molecular complexity index is 517. The van der Waals surface area contributed by atoms with Crippen molar-refractivity contribution in [3.05, 3.63) is 11.7 Å². The zero-order valence-electron chi connectivity index (χ0n) is 13.7. The van der Waals surface area contributed by atoms with Gasteiger partial charge in [0.1, 0.15) is 0 Å². The Morgan fingerprint density at radius 1 is 1.35 bits per heavy atom. The van der Waals surface area contributed by atoms with Gasteiger partial charge < -0.3 is 19.5 Å². The lowest BCUT2D eigenvalue weighted by atomic mass is 10.2. The summed E-state index contributed by atoms with van der Waals surface area (Å²) in [6.45, 7) is 8.11. The van der Waals surface area contributed by atoms with E-state index in [1.807, 2.05) is 7.05 Å². The predicted molar refractivity (Wildman–Crippen MR) is 97.0 cm³/mol. The standard InChI is InChI=1S/C14H24N6O2.HI/c1-11-17-13(18-22-11)9-16-14(15-2)20-4-3-12(10-20)19-5-7-21-8-6-19;/h12H,3-10H2,1-2H3,(H,15,16);1H. The fourth-order valence-electron chi connectivity index (χ4n) is 3.08. The molecule has 1 N–H and O–H groups in total. The van der Waals surface area contributed by atoms with Crippen molar-refractivity contribution in [2.75, 3.05) is 46.4 Å². The highest BCUT2D eigenvalue weighted by Crippen LogP contribution is 2.17. The number of aromatic nitrogens is 2. The number of morpholine rings is 1. The molecule has 0 spiro atoms. The van der Waals surface area contributed by atoms with E-state index in [2.05, 4.69) is 30.2 Å². The molecular formula is C14H25IN6O2. The first kappa shape index (κ1) is 18.4. The zero-order valence-corrected chi connectivity index (χ0v) is 16.0. The van der Waals surface area contributed by atoms with E-state index in [-0.39, 0.29) is 24.0 Å². The Kier molecular flexibility index (Phi) is 7.03. The van der Waals surface area contributed by atoms with Crippen molar-refractivity contribution in [1.82, 2.24) is 25.3 Å². The molecule has 1 aromatic rings. The first-order valence-corrected chi connectivity index (χ1v) is 7.83. The van der Waals surface area contributed by atoms with Gasteiger partial charge in [-0.3, -0.25) is 9.89 Å². The van der Waals surface area contributed by atoms with Gasteiger partial charge in [0.05, 0.1) is 19.8 Å². The number of ether oxygens (including phenoxy) is 1. The molecule has 2 aliphatic heterocycles. The normalized spacial score (nSPS) is 23.0. The molecule has 0 aromatic carbocycles. The minimum absolute atomic E-state index is 0. The Morgan fingerprint density at radius 3 is 2.78 bits per heavy atom. The number of aliphatic imine (C=N–C) groups is 1. The van der Waals surface area contributed by atoms with Crippen LogP contribution < -0.4 is 5.32 Å². The van der Waals surface area contributed by atoms with Crippen LogP contribution in [0.3, 0.4) is 0 Å². The molecule has 0 saturated carbocycles. The summed E-state index contributed by atoms with van der Waals surface area (Å²) < 4.78 is 10.4. The number of likely N-dealkylation sites (tertiary alicyclic amines) is 1. The molecule has 0 aliphatic carbocycles. The number of nitrogens with one attached hydrogen (secondary N) is 1. The van der Waals surface area contributed by atoms with Crippen molar-refractivity contribution in [3.8, 4) is 0 Å². The van der Waals surface area contributed by atoms with Crippen LogP contribution in [0.25, 0.3) is 0 Å². The van der Waals surface area contributed by atoms with Gasteiger partial charge in [-0.1, -0.05) is 5.16 Å². The molecule has 0 bridgehead atoms. The fraction of sp³-hybridized carbons (Fsp3) is 0.786. The highest BCUT2D eigenvalue weighted by atomic mass is 127. The summed E-state index contributed by atoms with van der Waals surface area (Å²) in [7, 11) is 1.81. The lowest BCUT2D eigenvalue weighted by Crippen LogP contribution is -2.46. The summed E-state index contributed by atoms with van der Waals surface area (Å²) in [6.07, 6.45) is 1.17. The minimum Gasteiger partial charge on any atom is -0.379 e. The fourth-order valence-corrected chi connectivity index (χ4v) is 3.08. The molecule has 0 radical (unpaired) electrons. The Labute approximate surface area is 153 Å². The molecule has 23 heavy (non-hydrogen) atoms. The van der Waals surface area contributed by atoms with Gasteiger partial charge in [0.25, 0.3) is 0 Å². The molecule has 1 aromatic heterocycles. The van der Waals surface area contributed by atoms with Gasteiger partial charge in [0.15, 0.2) is 11.8 Å². The molecule has 2 aliphatic rings. The minimum atomic E-state index is 0. The summed E-state index contributed by atoms with van der Waals surface area (Å²) in [4.78, 5) is 13.4. The van der Waals surface area contributed by atoms with Crippen LogP contribution in [0.4, 0.5) is 0 Å². The highest BCUT2D eigenvalue weighted by molar-refractivity contribution is 14.0. The van der Waals surface area contributed by atoms with Crippen molar-refractivity contribution in [3.63, 3.8) is 0 Å². The van der Waals surface area contributed by atoms with E-state index in [0.29, 0.717) is 24.3 Å². The average molecular weight is 436 g/mol. The van der Waals surface area contributed by atoms with Crippen LogP contribution in [-0.2, 0) is 11.3 Å². The largest absolute Gasteiger partial charge is 0.379 e. The van der Waals surface area contributed by atoms with Crippen LogP contribution in [0.1, 0.15) is 18.1 Å². The van der Waals surface area contributed by atoms with Gasteiger partial charge in [-0.25, -0.2) is 0 Å². The number of aryl methyl sites for hydroxylation is 1. The Morgan fingerprint density at radius 2 is 2.13 bits per heavy atom. The SMILES string of the molecule is CN=C(NCc1noc(C)n1)N1CCC(N2CCOCC2)C1.I. The first-order chi connectivity index (χ1) is 10.8. The lowest BCUT2D eigenvalue weighted by Gasteiger charge is -2.32. The van der Waals surface area contributed by atoms with Crippen molar-refractivity contribution >= 4 is 29.9 Å². The Balaban J connectivity index is 0.00000192. The van der Waals surface area contributed by atoms with Crippen LogP contribution in [0, 0.1) is 6.92 Å².